The smallest absolute Gasteiger partial charge is 0.237 e. The van der Waals surface area contributed by atoms with Crippen LogP contribution in [-0.4, -0.2) is 33.0 Å². The highest BCUT2D eigenvalue weighted by Crippen LogP contribution is 2.34. The third-order valence-corrected chi connectivity index (χ3v) is 6.41. The highest BCUT2D eigenvalue weighted by Gasteiger charge is 2.24. The Balaban J connectivity index is 1.69. The summed E-state index contributed by atoms with van der Waals surface area (Å²) in [5.74, 6) is 1.29. The second-order valence-corrected chi connectivity index (χ2v) is 9.00. The van der Waals surface area contributed by atoms with Gasteiger partial charge in [-0.15, -0.1) is 10.2 Å². The summed E-state index contributed by atoms with van der Waals surface area (Å²) in [6, 6.07) is 23.5. The van der Waals surface area contributed by atoms with Crippen LogP contribution >= 0.6 is 11.8 Å². The van der Waals surface area contributed by atoms with Gasteiger partial charge in [-0.05, 0) is 44.0 Å². The maximum atomic E-state index is 13.1. The predicted molar refractivity (Wildman–Crippen MR) is 133 cm³/mol. The van der Waals surface area contributed by atoms with E-state index in [1.54, 1.807) is 7.11 Å². The molecule has 0 fully saturated rings. The predicted octanol–water partition coefficient (Wildman–Crippen LogP) is 5.68. The van der Waals surface area contributed by atoms with Crippen molar-refractivity contribution in [2.24, 2.45) is 0 Å². The molecule has 6 nitrogen and oxygen atoms in total. The summed E-state index contributed by atoms with van der Waals surface area (Å²) < 4.78 is 7.55. The molecule has 1 heterocycles. The molecule has 1 N–H and O–H groups in total. The van der Waals surface area contributed by atoms with Crippen LogP contribution in [0.4, 0.5) is 5.69 Å². The van der Waals surface area contributed by atoms with Crippen molar-refractivity contribution in [3.63, 3.8) is 0 Å². The van der Waals surface area contributed by atoms with E-state index < -0.39 is 5.25 Å². The second kappa shape index (κ2) is 9.92. The first-order valence-electron chi connectivity index (χ1n) is 10.7. The van der Waals surface area contributed by atoms with E-state index >= 15 is 0 Å². The minimum atomic E-state index is -0.398. The lowest BCUT2D eigenvalue weighted by Gasteiger charge is -2.17. The van der Waals surface area contributed by atoms with Crippen LogP contribution in [0.25, 0.3) is 17.1 Å². The van der Waals surface area contributed by atoms with Crippen molar-refractivity contribution in [1.29, 1.82) is 0 Å². The van der Waals surface area contributed by atoms with Crippen LogP contribution in [0.3, 0.4) is 0 Å². The van der Waals surface area contributed by atoms with Crippen molar-refractivity contribution in [3.05, 3.63) is 83.9 Å². The lowest BCUT2D eigenvalue weighted by Crippen LogP contribution is -2.23. The van der Waals surface area contributed by atoms with Gasteiger partial charge in [0.05, 0.1) is 18.0 Å². The second-order valence-electron chi connectivity index (χ2n) is 7.70. The summed E-state index contributed by atoms with van der Waals surface area (Å²) in [5.41, 5.74) is 4.66. The third-order valence-electron chi connectivity index (χ3n) is 5.37. The van der Waals surface area contributed by atoms with E-state index in [0.717, 1.165) is 28.1 Å². The first-order valence-corrected chi connectivity index (χ1v) is 11.6. The molecule has 33 heavy (non-hydrogen) atoms. The molecule has 0 unspecified atom stereocenters. The number of aryl methyl sites for hydroxylation is 2. The van der Waals surface area contributed by atoms with Crippen molar-refractivity contribution < 1.29 is 9.53 Å². The highest BCUT2D eigenvalue weighted by molar-refractivity contribution is 8.00. The monoisotopic (exact) mass is 458 g/mol. The topological polar surface area (TPSA) is 69.0 Å². The maximum Gasteiger partial charge on any atom is 0.237 e. The molecule has 0 saturated carbocycles. The van der Waals surface area contributed by atoms with Gasteiger partial charge in [-0.25, -0.2) is 0 Å². The Labute approximate surface area is 198 Å². The van der Waals surface area contributed by atoms with E-state index in [2.05, 4.69) is 15.5 Å². The Morgan fingerprint density at radius 1 is 0.939 bits per heavy atom. The number of hydrogen-bond donors (Lipinski definition) is 1. The van der Waals surface area contributed by atoms with E-state index in [4.69, 9.17) is 4.74 Å². The van der Waals surface area contributed by atoms with E-state index in [1.807, 2.05) is 98.1 Å². The number of methoxy groups -OCH3 is 1. The normalized spacial score (nSPS) is 11.8. The number of ether oxygens (including phenoxy) is 1. The van der Waals surface area contributed by atoms with Gasteiger partial charge in [0.25, 0.3) is 0 Å². The molecule has 4 aromatic rings. The number of thioether (sulfide) groups is 1. The summed E-state index contributed by atoms with van der Waals surface area (Å²) in [7, 11) is 1.64. The Bertz CT molecular complexity index is 1250. The molecule has 4 rings (SSSR count). The fourth-order valence-electron chi connectivity index (χ4n) is 3.60. The summed E-state index contributed by atoms with van der Waals surface area (Å²) >= 11 is 1.36. The molecular weight excluding hydrogens is 432 g/mol. The summed E-state index contributed by atoms with van der Waals surface area (Å²) in [4.78, 5) is 13.1. The lowest BCUT2D eigenvalue weighted by molar-refractivity contribution is -0.115. The molecule has 7 heteroatoms. The van der Waals surface area contributed by atoms with Crippen LogP contribution in [-0.2, 0) is 4.79 Å². The summed E-state index contributed by atoms with van der Waals surface area (Å²) in [6.45, 7) is 5.85. The molecule has 0 bridgehead atoms. The fraction of sp³-hybridized carbons (Fsp3) is 0.192. The molecule has 0 aliphatic heterocycles. The number of carbonyl (C=O) groups excluding carboxylic acids is 1. The van der Waals surface area contributed by atoms with Crippen molar-refractivity contribution in [2.45, 2.75) is 31.2 Å². The SMILES string of the molecule is COc1ccccc1-n1c(S[C@H](C)C(=O)Nc2c(C)cccc2C)nnc1-c1ccccc1. The Morgan fingerprint density at radius 2 is 1.61 bits per heavy atom. The molecular formula is C26H26N4O2S. The lowest BCUT2D eigenvalue weighted by atomic mass is 10.1. The molecule has 1 atom stereocenters. The zero-order valence-electron chi connectivity index (χ0n) is 19.1. The van der Waals surface area contributed by atoms with Crippen LogP contribution in [0.2, 0.25) is 0 Å². The van der Waals surface area contributed by atoms with Gasteiger partial charge in [-0.2, -0.15) is 0 Å². The van der Waals surface area contributed by atoms with Crippen molar-refractivity contribution in [1.82, 2.24) is 14.8 Å². The molecule has 0 radical (unpaired) electrons. The number of rotatable bonds is 7. The van der Waals surface area contributed by atoms with Crippen LogP contribution in [0.15, 0.2) is 78.0 Å². The molecule has 0 aliphatic rings. The average molecular weight is 459 g/mol. The van der Waals surface area contributed by atoms with Crippen LogP contribution in [0, 0.1) is 13.8 Å². The Hall–Kier alpha value is -3.58. The molecule has 0 aliphatic carbocycles. The first-order chi connectivity index (χ1) is 16.0. The van der Waals surface area contributed by atoms with Gasteiger partial charge in [0.2, 0.25) is 5.91 Å². The van der Waals surface area contributed by atoms with Crippen molar-refractivity contribution in [2.75, 3.05) is 12.4 Å². The number of nitrogens with zero attached hydrogens (tertiary/aromatic N) is 3. The molecule has 1 aromatic heterocycles. The van der Waals surface area contributed by atoms with Gasteiger partial charge in [0, 0.05) is 11.3 Å². The Kier molecular flexibility index (Phi) is 6.79. The van der Waals surface area contributed by atoms with E-state index in [0.29, 0.717) is 16.7 Å². The molecule has 0 spiro atoms. The van der Waals surface area contributed by atoms with Gasteiger partial charge < -0.3 is 10.1 Å². The zero-order chi connectivity index (χ0) is 23.4. The van der Waals surface area contributed by atoms with E-state index in [9.17, 15) is 4.79 Å². The van der Waals surface area contributed by atoms with E-state index in [-0.39, 0.29) is 5.91 Å². The largest absolute Gasteiger partial charge is 0.495 e. The number of aromatic nitrogens is 3. The number of anilines is 1. The molecule has 0 saturated heterocycles. The van der Waals surface area contributed by atoms with Crippen LogP contribution < -0.4 is 10.1 Å². The number of benzene rings is 3. The van der Waals surface area contributed by atoms with Crippen molar-refractivity contribution >= 4 is 23.4 Å². The number of carbonyl (C=O) groups is 1. The van der Waals surface area contributed by atoms with Gasteiger partial charge in [-0.3, -0.25) is 9.36 Å². The van der Waals surface area contributed by atoms with Gasteiger partial charge in [0.15, 0.2) is 11.0 Å². The number of hydrogen-bond acceptors (Lipinski definition) is 5. The minimum Gasteiger partial charge on any atom is -0.495 e. The maximum absolute atomic E-state index is 13.1. The number of amides is 1. The minimum absolute atomic E-state index is 0.0896. The Morgan fingerprint density at radius 3 is 2.30 bits per heavy atom. The standard InChI is InChI=1S/C26H26N4O2S/c1-17-11-10-12-18(2)23(17)27-25(31)19(3)33-26-29-28-24(20-13-6-5-7-14-20)30(26)21-15-8-9-16-22(21)32-4/h5-16,19H,1-4H3,(H,27,31)/t19-/m1/s1. The third kappa shape index (κ3) is 4.78. The highest BCUT2D eigenvalue weighted by atomic mass is 32.2. The van der Waals surface area contributed by atoms with Crippen LogP contribution in [0.5, 0.6) is 5.75 Å². The molecule has 168 valence electrons. The quantitative estimate of drug-likeness (QED) is 0.361. The summed E-state index contributed by atoms with van der Waals surface area (Å²) in [6.07, 6.45) is 0. The van der Waals surface area contributed by atoms with E-state index in [1.165, 1.54) is 11.8 Å². The van der Waals surface area contributed by atoms with Gasteiger partial charge in [-0.1, -0.05) is 72.4 Å². The number of para-hydroxylation sites is 3. The first kappa shape index (κ1) is 22.6. The van der Waals surface area contributed by atoms with Crippen molar-refractivity contribution in [3.8, 4) is 22.8 Å². The number of nitrogens with one attached hydrogen (secondary N) is 1. The fourth-order valence-corrected chi connectivity index (χ4v) is 4.46. The average Bonchev–Trinajstić information content (AvgIpc) is 3.25. The molecule has 1 amide bonds. The van der Waals surface area contributed by atoms with Gasteiger partial charge in [0.1, 0.15) is 5.75 Å². The summed E-state index contributed by atoms with van der Waals surface area (Å²) in [5, 5.41) is 12.2. The zero-order valence-corrected chi connectivity index (χ0v) is 19.9. The van der Waals surface area contributed by atoms with Gasteiger partial charge >= 0.3 is 0 Å². The van der Waals surface area contributed by atoms with Crippen LogP contribution in [0.1, 0.15) is 18.1 Å². The molecule has 3 aromatic carbocycles.